The van der Waals surface area contributed by atoms with Crippen molar-refractivity contribution in [1.29, 1.82) is 0 Å². The lowest BCUT2D eigenvalue weighted by Gasteiger charge is -2.27. The summed E-state index contributed by atoms with van der Waals surface area (Å²) >= 11 is 0. The number of anilines is 1. The van der Waals surface area contributed by atoms with E-state index in [-0.39, 0.29) is 5.57 Å². The maximum atomic E-state index is 13.4. The van der Waals surface area contributed by atoms with Gasteiger partial charge in [-0.15, -0.1) is 0 Å². The van der Waals surface area contributed by atoms with Crippen molar-refractivity contribution in [1.82, 2.24) is 9.88 Å². The Balaban J connectivity index is 1.42. The topological polar surface area (TPSA) is 80.6 Å². The van der Waals surface area contributed by atoms with Crippen molar-refractivity contribution in [3.63, 3.8) is 0 Å². The van der Waals surface area contributed by atoms with Gasteiger partial charge in [-0.3, -0.25) is 14.9 Å². The Bertz CT molecular complexity index is 1600. The van der Waals surface area contributed by atoms with Crippen LogP contribution in [0.2, 0.25) is 0 Å². The molecule has 39 heavy (non-hydrogen) atoms. The molecular weight excluding hydrogens is 490 g/mol. The number of hydrogen-bond acceptors (Lipinski definition) is 4. The van der Waals surface area contributed by atoms with Crippen LogP contribution >= 0.6 is 0 Å². The summed E-state index contributed by atoms with van der Waals surface area (Å²) in [6.45, 7) is 8.15. The molecule has 0 atom stereocenters. The number of aromatic nitrogens is 1. The maximum Gasteiger partial charge on any atom is 0.335 e. The van der Waals surface area contributed by atoms with Gasteiger partial charge in [0, 0.05) is 17.1 Å². The minimum atomic E-state index is -0.757. The molecule has 196 valence electrons. The fourth-order valence-electron chi connectivity index (χ4n) is 4.89. The second kappa shape index (κ2) is 10.5. The Morgan fingerprint density at radius 2 is 1.46 bits per heavy atom. The molecule has 1 fully saturated rings. The van der Waals surface area contributed by atoms with Crippen LogP contribution in [0.3, 0.4) is 0 Å². The van der Waals surface area contributed by atoms with Gasteiger partial charge in [0.05, 0.1) is 5.69 Å². The zero-order chi connectivity index (χ0) is 27.7. The van der Waals surface area contributed by atoms with E-state index in [0.29, 0.717) is 17.9 Å². The average molecular weight is 520 g/mol. The lowest BCUT2D eigenvalue weighted by molar-refractivity contribution is -0.122. The number of nitrogens with zero attached hydrogens (tertiary/aromatic N) is 2. The van der Waals surface area contributed by atoms with Crippen LogP contribution in [0.25, 0.3) is 11.8 Å². The summed E-state index contributed by atoms with van der Waals surface area (Å²) in [7, 11) is 0. The van der Waals surface area contributed by atoms with E-state index in [9.17, 15) is 14.4 Å². The minimum absolute atomic E-state index is 0.0985. The third-order valence-electron chi connectivity index (χ3n) is 6.68. The number of amides is 4. The van der Waals surface area contributed by atoms with Crippen LogP contribution in [-0.4, -0.2) is 22.4 Å². The number of urea groups is 1. The van der Waals surface area contributed by atoms with E-state index in [1.165, 1.54) is 0 Å². The quantitative estimate of drug-likeness (QED) is 0.252. The number of barbiturate groups is 1. The van der Waals surface area contributed by atoms with Gasteiger partial charge in [0.1, 0.15) is 17.9 Å². The van der Waals surface area contributed by atoms with Crippen LogP contribution in [0.15, 0.2) is 84.4 Å². The molecule has 0 aliphatic carbocycles. The molecule has 1 aromatic heterocycles. The van der Waals surface area contributed by atoms with Crippen molar-refractivity contribution >= 4 is 29.6 Å². The molecule has 0 unspecified atom stereocenters. The maximum absolute atomic E-state index is 13.4. The van der Waals surface area contributed by atoms with Crippen LogP contribution in [-0.2, 0) is 16.2 Å². The molecule has 1 aliphatic rings. The summed E-state index contributed by atoms with van der Waals surface area (Å²) in [5, 5.41) is 2.31. The van der Waals surface area contributed by atoms with E-state index >= 15 is 0 Å². The molecule has 4 amide bonds. The summed E-state index contributed by atoms with van der Waals surface area (Å²) in [4.78, 5) is 39.8. The summed E-state index contributed by atoms with van der Waals surface area (Å²) < 4.78 is 7.96. The molecule has 7 nitrogen and oxygen atoms in total. The number of hydrogen-bond donors (Lipinski definition) is 1. The highest BCUT2D eigenvalue weighted by Gasteiger charge is 2.37. The number of rotatable bonds is 6. The van der Waals surface area contributed by atoms with E-state index in [1.807, 2.05) is 99.0 Å². The average Bonchev–Trinajstić information content (AvgIpc) is 3.18. The first kappa shape index (κ1) is 25.7. The standard InChI is InChI=1S/C32H29N3O4/c1-20-14-21(2)16-27(15-20)35-31(37)29(30(36)33-32(35)38)18-25-17-22(3)34(23(25)4)26-10-12-28(13-11-26)39-19-24-8-6-5-7-9-24/h5-18H,19H2,1-4H3,(H,33,36,38)/b29-18+. The van der Waals surface area contributed by atoms with Gasteiger partial charge < -0.3 is 9.30 Å². The number of imide groups is 2. The Morgan fingerprint density at radius 1 is 0.795 bits per heavy atom. The lowest BCUT2D eigenvalue weighted by atomic mass is 10.1. The van der Waals surface area contributed by atoms with E-state index in [2.05, 4.69) is 5.32 Å². The van der Waals surface area contributed by atoms with Gasteiger partial charge in [0.15, 0.2) is 0 Å². The Labute approximate surface area is 227 Å². The van der Waals surface area contributed by atoms with Gasteiger partial charge in [0.2, 0.25) is 0 Å². The number of ether oxygens (including phenoxy) is 1. The molecule has 4 aromatic rings. The van der Waals surface area contributed by atoms with Crippen molar-refractivity contribution in [2.45, 2.75) is 34.3 Å². The van der Waals surface area contributed by atoms with Gasteiger partial charge in [-0.25, -0.2) is 9.69 Å². The summed E-state index contributed by atoms with van der Waals surface area (Å²) in [6.07, 6.45) is 1.55. The highest BCUT2D eigenvalue weighted by atomic mass is 16.5. The first-order valence-corrected chi connectivity index (χ1v) is 12.7. The van der Waals surface area contributed by atoms with E-state index in [4.69, 9.17) is 4.74 Å². The number of nitrogens with one attached hydrogen (secondary N) is 1. The van der Waals surface area contributed by atoms with Gasteiger partial charge in [0.25, 0.3) is 11.8 Å². The Hall–Kier alpha value is -4.91. The number of carbonyl (C=O) groups excluding carboxylic acids is 3. The monoisotopic (exact) mass is 519 g/mol. The van der Waals surface area contributed by atoms with Crippen LogP contribution < -0.4 is 15.0 Å². The second-order valence-electron chi connectivity index (χ2n) is 9.73. The van der Waals surface area contributed by atoms with Gasteiger partial charge in [-0.05, 0) is 98.5 Å². The zero-order valence-electron chi connectivity index (χ0n) is 22.3. The van der Waals surface area contributed by atoms with Crippen molar-refractivity contribution in [3.05, 3.63) is 118 Å². The van der Waals surface area contributed by atoms with Gasteiger partial charge >= 0.3 is 6.03 Å². The smallest absolute Gasteiger partial charge is 0.335 e. The Morgan fingerprint density at radius 3 is 2.13 bits per heavy atom. The highest BCUT2D eigenvalue weighted by molar-refractivity contribution is 6.39. The first-order chi connectivity index (χ1) is 18.7. The molecule has 1 aliphatic heterocycles. The minimum Gasteiger partial charge on any atom is -0.489 e. The summed E-state index contributed by atoms with van der Waals surface area (Å²) in [5.41, 5.74) is 6.67. The predicted molar refractivity (Wildman–Crippen MR) is 151 cm³/mol. The lowest BCUT2D eigenvalue weighted by Crippen LogP contribution is -2.54. The third kappa shape index (κ3) is 5.25. The number of aryl methyl sites for hydroxylation is 3. The normalized spacial score (nSPS) is 14.6. The molecule has 3 aromatic carbocycles. The SMILES string of the molecule is Cc1cc(C)cc(N2C(=O)NC(=O)/C(=C\c3cc(C)n(-c4ccc(OCc5ccccc5)cc4)c3C)C2=O)c1. The van der Waals surface area contributed by atoms with E-state index < -0.39 is 17.8 Å². The molecule has 0 saturated carbocycles. The van der Waals surface area contributed by atoms with E-state index in [1.54, 1.807) is 18.2 Å². The number of benzene rings is 3. The van der Waals surface area contributed by atoms with Crippen molar-refractivity contribution < 1.29 is 19.1 Å². The zero-order valence-corrected chi connectivity index (χ0v) is 22.3. The highest BCUT2D eigenvalue weighted by Crippen LogP contribution is 2.28. The predicted octanol–water partition coefficient (Wildman–Crippen LogP) is 5.96. The first-order valence-electron chi connectivity index (χ1n) is 12.7. The fourth-order valence-corrected chi connectivity index (χ4v) is 4.89. The number of carbonyl (C=O) groups is 3. The fraction of sp³-hybridized carbons (Fsp3) is 0.156. The van der Waals surface area contributed by atoms with Gasteiger partial charge in [-0.1, -0.05) is 36.4 Å². The van der Waals surface area contributed by atoms with Crippen LogP contribution in [0.1, 0.15) is 33.6 Å². The van der Waals surface area contributed by atoms with Gasteiger partial charge in [-0.2, -0.15) is 0 Å². The third-order valence-corrected chi connectivity index (χ3v) is 6.68. The second-order valence-corrected chi connectivity index (χ2v) is 9.73. The molecule has 2 heterocycles. The molecular formula is C32H29N3O4. The molecule has 1 saturated heterocycles. The summed E-state index contributed by atoms with van der Waals surface area (Å²) in [5.74, 6) is -0.609. The summed E-state index contributed by atoms with van der Waals surface area (Å²) in [6, 6.07) is 24.4. The van der Waals surface area contributed by atoms with Crippen molar-refractivity contribution in [2.24, 2.45) is 0 Å². The van der Waals surface area contributed by atoms with Crippen LogP contribution in [0.4, 0.5) is 10.5 Å². The van der Waals surface area contributed by atoms with Crippen LogP contribution in [0, 0.1) is 27.7 Å². The molecule has 0 radical (unpaired) electrons. The van der Waals surface area contributed by atoms with Crippen LogP contribution in [0.5, 0.6) is 5.75 Å². The molecule has 0 spiro atoms. The molecule has 0 bridgehead atoms. The molecule has 1 N–H and O–H groups in total. The largest absolute Gasteiger partial charge is 0.489 e. The Kier molecular flexibility index (Phi) is 6.90. The van der Waals surface area contributed by atoms with Crippen molar-refractivity contribution in [2.75, 3.05) is 4.90 Å². The van der Waals surface area contributed by atoms with E-state index in [0.717, 1.165) is 44.4 Å². The molecule has 5 rings (SSSR count). The molecule has 7 heteroatoms. The van der Waals surface area contributed by atoms with Crippen molar-refractivity contribution in [3.8, 4) is 11.4 Å².